The number of carbonyl (C=O) groups is 2. The minimum Gasteiger partial charge on any atom is -0.462 e. The first-order valence-corrected chi connectivity index (χ1v) is 23.4. The number of hydrogen-bond donors (Lipinski definition) is 2. The summed E-state index contributed by atoms with van der Waals surface area (Å²) in [5.41, 5.74) is 5.34. The van der Waals surface area contributed by atoms with E-state index < -0.39 is 32.5 Å². The zero-order valence-corrected chi connectivity index (χ0v) is 35.9. The SMILES string of the molecule is CCCCCCCCCCCCCCCCCC(=O)OCC(COP(=O)(O)OCCN)OC(=O)CCC=CCC=CCC=CCC=CCC=CCC1OC1CC. The minimum absolute atomic E-state index is 0.0387. The molecule has 0 aromatic heterocycles. The number of rotatable bonds is 39. The van der Waals surface area contributed by atoms with Crippen molar-refractivity contribution in [1.82, 2.24) is 0 Å². The molecule has 56 heavy (non-hydrogen) atoms. The lowest BCUT2D eigenvalue weighted by atomic mass is 10.0. The highest BCUT2D eigenvalue weighted by Gasteiger charge is 2.35. The molecule has 0 amide bonds. The molecule has 0 aromatic carbocycles. The molecule has 0 aromatic rings. The maximum atomic E-state index is 12.6. The number of hydrogen-bond acceptors (Lipinski definition) is 9. The van der Waals surface area contributed by atoms with Crippen LogP contribution in [0.25, 0.3) is 0 Å². The fraction of sp³-hybridized carbons (Fsp3) is 0.733. The number of phosphoric ester groups is 1. The van der Waals surface area contributed by atoms with Gasteiger partial charge in [-0.3, -0.25) is 18.6 Å². The molecule has 0 aliphatic carbocycles. The Hall–Kier alpha value is -2.33. The fourth-order valence-corrected chi connectivity index (χ4v) is 6.79. The molecule has 322 valence electrons. The topological polar surface area (TPSA) is 147 Å². The van der Waals surface area contributed by atoms with E-state index in [4.69, 9.17) is 29.0 Å². The van der Waals surface area contributed by atoms with Gasteiger partial charge in [-0.1, -0.05) is 164 Å². The molecule has 0 saturated carbocycles. The maximum absolute atomic E-state index is 12.6. The number of allylic oxidation sites excluding steroid dienone is 9. The minimum atomic E-state index is -4.40. The van der Waals surface area contributed by atoms with Crippen molar-refractivity contribution in [2.24, 2.45) is 5.73 Å². The van der Waals surface area contributed by atoms with Crippen molar-refractivity contribution < 1.29 is 42.3 Å². The average molecular weight is 808 g/mol. The molecule has 10 nitrogen and oxygen atoms in total. The Labute approximate surface area is 340 Å². The van der Waals surface area contributed by atoms with Crippen LogP contribution in [-0.2, 0) is 37.4 Å². The number of nitrogens with two attached hydrogens (primary N) is 1. The van der Waals surface area contributed by atoms with E-state index in [0.29, 0.717) is 18.6 Å². The summed E-state index contributed by atoms with van der Waals surface area (Å²) < 4.78 is 38.2. The summed E-state index contributed by atoms with van der Waals surface area (Å²) in [4.78, 5) is 34.8. The monoisotopic (exact) mass is 808 g/mol. The molecule has 4 atom stereocenters. The van der Waals surface area contributed by atoms with Crippen molar-refractivity contribution in [1.29, 1.82) is 0 Å². The second-order valence-corrected chi connectivity index (χ2v) is 16.0. The van der Waals surface area contributed by atoms with Gasteiger partial charge >= 0.3 is 19.8 Å². The van der Waals surface area contributed by atoms with E-state index in [0.717, 1.165) is 57.8 Å². The number of carbonyl (C=O) groups excluding carboxylic acids is 2. The molecule has 1 saturated heterocycles. The Kier molecular flexibility index (Phi) is 34.1. The highest BCUT2D eigenvalue weighted by atomic mass is 31.2. The van der Waals surface area contributed by atoms with E-state index >= 15 is 0 Å². The van der Waals surface area contributed by atoms with Crippen LogP contribution in [0, 0.1) is 0 Å². The Morgan fingerprint density at radius 3 is 1.64 bits per heavy atom. The number of esters is 2. The molecule has 0 radical (unpaired) electrons. The molecular weight excluding hydrogens is 729 g/mol. The molecule has 0 spiro atoms. The van der Waals surface area contributed by atoms with Gasteiger partial charge < -0.3 is 24.8 Å². The van der Waals surface area contributed by atoms with Crippen LogP contribution in [0.15, 0.2) is 60.8 Å². The zero-order chi connectivity index (χ0) is 40.8. The van der Waals surface area contributed by atoms with E-state index in [-0.39, 0.29) is 32.6 Å². The fourth-order valence-electron chi connectivity index (χ4n) is 6.02. The van der Waals surface area contributed by atoms with Gasteiger partial charge in [0.25, 0.3) is 0 Å². The van der Waals surface area contributed by atoms with Crippen LogP contribution in [-0.4, -0.2) is 61.5 Å². The van der Waals surface area contributed by atoms with Gasteiger partial charge in [0.1, 0.15) is 6.61 Å². The zero-order valence-electron chi connectivity index (χ0n) is 35.0. The predicted octanol–water partition coefficient (Wildman–Crippen LogP) is 11.5. The van der Waals surface area contributed by atoms with E-state index in [1.807, 2.05) is 12.2 Å². The molecule has 1 aliphatic rings. The summed E-state index contributed by atoms with van der Waals surface area (Å²) in [6.07, 6.45) is 46.0. The van der Waals surface area contributed by atoms with Gasteiger partial charge in [-0.25, -0.2) is 4.57 Å². The van der Waals surface area contributed by atoms with Crippen molar-refractivity contribution in [3.63, 3.8) is 0 Å². The van der Waals surface area contributed by atoms with Crippen LogP contribution in [0.1, 0.15) is 168 Å². The van der Waals surface area contributed by atoms with Crippen LogP contribution < -0.4 is 5.73 Å². The third-order valence-corrected chi connectivity index (χ3v) is 10.4. The summed E-state index contributed by atoms with van der Waals surface area (Å²) in [6.45, 7) is 3.54. The lowest BCUT2D eigenvalue weighted by molar-refractivity contribution is -0.161. The van der Waals surface area contributed by atoms with E-state index in [2.05, 4.69) is 62.5 Å². The average Bonchev–Trinajstić information content (AvgIpc) is 3.96. The Morgan fingerprint density at radius 2 is 1.14 bits per heavy atom. The van der Waals surface area contributed by atoms with Crippen LogP contribution in [0.5, 0.6) is 0 Å². The van der Waals surface area contributed by atoms with Crippen LogP contribution in [0.2, 0.25) is 0 Å². The third kappa shape index (κ3) is 33.8. The maximum Gasteiger partial charge on any atom is 0.472 e. The lowest BCUT2D eigenvalue weighted by Crippen LogP contribution is -2.29. The summed E-state index contributed by atoms with van der Waals surface area (Å²) in [5, 5.41) is 0. The van der Waals surface area contributed by atoms with Gasteiger partial charge in [0.2, 0.25) is 0 Å². The molecule has 11 heteroatoms. The van der Waals surface area contributed by atoms with Crippen molar-refractivity contribution in [2.75, 3.05) is 26.4 Å². The van der Waals surface area contributed by atoms with E-state index in [9.17, 15) is 19.0 Å². The molecule has 3 N–H and O–H groups in total. The van der Waals surface area contributed by atoms with Crippen molar-refractivity contribution in [3.8, 4) is 0 Å². The van der Waals surface area contributed by atoms with Crippen molar-refractivity contribution in [2.45, 2.75) is 186 Å². The quantitative estimate of drug-likeness (QED) is 0.0202. The standard InChI is InChI=1S/C45H78NO9P/c1-3-5-6-7-8-9-10-11-13-17-20-23-26-29-32-35-44(47)51-39-41(40-53-56(49,50)52-38-37-46)54-45(48)36-33-30-27-24-21-18-15-12-14-16-19-22-25-28-31-34-43-42(4-2)55-43/h12,14,18-19,21-22,27-28,30-31,41-43H,3-11,13,15-17,20,23-26,29,32-40,46H2,1-2H3,(H,49,50). The van der Waals surface area contributed by atoms with Crippen molar-refractivity contribution >= 4 is 19.8 Å². The lowest BCUT2D eigenvalue weighted by Gasteiger charge is -2.19. The van der Waals surface area contributed by atoms with E-state index in [1.165, 1.54) is 77.0 Å². The number of unbranched alkanes of at least 4 members (excludes halogenated alkanes) is 14. The van der Waals surface area contributed by atoms with E-state index in [1.54, 1.807) is 0 Å². The summed E-state index contributed by atoms with van der Waals surface area (Å²) in [5.74, 6) is -0.930. The number of epoxide rings is 1. The Balaban J connectivity index is 2.22. The summed E-state index contributed by atoms with van der Waals surface area (Å²) in [6, 6.07) is 0. The molecule has 1 heterocycles. The normalized spacial score (nSPS) is 17.5. The Morgan fingerprint density at radius 1 is 0.643 bits per heavy atom. The molecule has 1 aliphatic heterocycles. The molecule has 1 rings (SSSR count). The smallest absolute Gasteiger partial charge is 0.462 e. The molecular formula is C45H78NO9P. The number of ether oxygens (including phenoxy) is 3. The van der Waals surface area contributed by atoms with Gasteiger partial charge in [0.05, 0.1) is 25.4 Å². The molecule has 1 fully saturated rings. The molecule has 4 unspecified atom stereocenters. The summed E-state index contributed by atoms with van der Waals surface area (Å²) >= 11 is 0. The summed E-state index contributed by atoms with van der Waals surface area (Å²) in [7, 11) is -4.40. The highest BCUT2D eigenvalue weighted by molar-refractivity contribution is 7.47. The van der Waals surface area contributed by atoms with Gasteiger partial charge in [-0.2, -0.15) is 0 Å². The largest absolute Gasteiger partial charge is 0.472 e. The van der Waals surface area contributed by atoms with Crippen molar-refractivity contribution in [3.05, 3.63) is 60.8 Å². The van der Waals surface area contributed by atoms with Crippen LogP contribution in [0.3, 0.4) is 0 Å². The highest BCUT2D eigenvalue weighted by Crippen LogP contribution is 2.43. The second-order valence-electron chi connectivity index (χ2n) is 14.6. The third-order valence-electron chi connectivity index (χ3n) is 9.40. The first-order valence-electron chi connectivity index (χ1n) is 21.9. The van der Waals surface area contributed by atoms with Crippen LogP contribution >= 0.6 is 7.82 Å². The second kappa shape index (κ2) is 37.0. The van der Waals surface area contributed by atoms with Gasteiger partial charge in [-0.15, -0.1) is 0 Å². The molecule has 0 bridgehead atoms. The first kappa shape index (κ1) is 51.7. The van der Waals surface area contributed by atoms with Crippen LogP contribution in [0.4, 0.5) is 0 Å². The first-order chi connectivity index (χ1) is 27.3. The van der Waals surface area contributed by atoms with Gasteiger partial charge in [0.15, 0.2) is 6.10 Å². The van der Waals surface area contributed by atoms with Gasteiger partial charge in [0, 0.05) is 19.4 Å². The Bertz CT molecular complexity index is 1170. The van der Waals surface area contributed by atoms with Gasteiger partial charge in [-0.05, 0) is 51.4 Å². The predicted molar refractivity (Wildman–Crippen MR) is 228 cm³/mol. The number of phosphoric acid groups is 1.